The largest absolute Gasteiger partial charge is 0.299 e. The lowest BCUT2D eigenvalue weighted by Gasteiger charge is -2.53. The molecule has 1 aliphatic carbocycles. The summed E-state index contributed by atoms with van der Waals surface area (Å²) in [5.41, 5.74) is 0.304. The van der Waals surface area contributed by atoms with E-state index in [0.29, 0.717) is 17.6 Å². The lowest BCUT2D eigenvalue weighted by Crippen LogP contribution is -2.53. The van der Waals surface area contributed by atoms with Gasteiger partial charge in [-0.25, -0.2) is 0 Å². The lowest BCUT2D eigenvalue weighted by atomic mass is 9.50. The fourth-order valence-corrected chi connectivity index (χ4v) is 2.58. The van der Waals surface area contributed by atoms with E-state index < -0.39 is 0 Å². The summed E-state index contributed by atoms with van der Waals surface area (Å²) in [4.78, 5) is 11.8. The zero-order valence-electron chi connectivity index (χ0n) is 11.3. The van der Waals surface area contributed by atoms with Crippen LogP contribution in [0.3, 0.4) is 0 Å². The van der Waals surface area contributed by atoms with Crippen molar-refractivity contribution >= 4 is 5.78 Å². The Hall–Kier alpha value is -0.330. The van der Waals surface area contributed by atoms with Gasteiger partial charge in [-0.05, 0) is 22.7 Å². The Morgan fingerprint density at radius 2 is 1.60 bits per heavy atom. The highest BCUT2D eigenvalue weighted by Crippen LogP contribution is 2.54. The monoisotopic (exact) mass is 210 g/mol. The van der Waals surface area contributed by atoms with Crippen molar-refractivity contribution in [2.45, 2.75) is 54.9 Å². The van der Waals surface area contributed by atoms with Gasteiger partial charge in [0.05, 0.1) is 0 Å². The van der Waals surface area contributed by atoms with Gasteiger partial charge in [0.2, 0.25) is 0 Å². The van der Waals surface area contributed by atoms with Gasteiger partial charge in [0.1, 0.15) is 5.78 Å². The van der Waals surface area contributed by atoms with Crippen LogP contribution in [0.4, 0.5) is 0 Å². The fourth-order valence-electron chi connectivity index (χ4n) is 2.58. The second-order valence-electron chi connectivity index (χ2n) is 7.03. The standard InChI is InChI=1S/C14H26O/c1-9(2)10-8-11(15)12(10)14(6,7)13(3,4)5/h9-10,12H,8H2,1-7H3/t10-,12?/m1/s1. The number of hydrogen-bond acceptors (Lipinski definition) is 1. The first-order chi connectivity index (χ1) is 6.59. The molecule has 1 nitrogen and oxygen atoms in total. The number of carbonyl (C=O) groups is 1. The molecule has 0 aromatic heterocycles. The van der Waals surface area contributed by atoms with Gasteiger partial charge in [-0.1, -0.05) is 48.5 Å². The van der Waals surface area contributed by atoms with Crippen molar-refractivity contribution in [2.75, 3.05) is 0 Å². The van der Waals surface area contributed by atoms with E-state index >= 15 is 0 Å². The van der Waals surface area contributed by atoms with E-state index in [1.165, 1.54) is 0 Å². The third-order valence-corrected chi connectivity index (χ3v) is 4.78. The Balaban J connectivity index is 2.91. The molecular formula is C14H26O. The molecule has 0 spiro atoms. The fraction of sp³-hybridized carbons (Fsp3) is 0.929. The summed E-state index contributed by atoms with van der Waals surface area (Å²) in [6, 6.07) is 0. The third-order valence-electron chi connectivity index (χ3n) is 4.78. The molecular weight excluding hydrogens is 184 g/mol. The quantitative estimate of drug-likeness (QED) is 0.675. The summed E-state index contributed by atoms with van der Waals surface area (Å²) in [5, 5.41) is 0. The number of hydrogen-bond donors (Lipinski definition) is 0. The van der Waals surface area contributed by atoms with Crippen LogP contribution in [-0.4, -0.2) is 5.78 Å². The van der Waals surface area contributed by atoms with Crippen molar-refractivity contribution in [2.24, 2.45) is 28.6 Å². The van der Waals surface area contributed by atoms with Crippen LogP contribution >= 0.6 is 0 Å². The first-order valence-electron chi connectivity index (χ1n) is 6.11. The number of ketones is 1. The lowest BCUT2D eigenvalue weighted by molar-refractivity contribution is -0.150. The van der Waals surface area contributed by atoms with E-state index in [2.05, 4.69) is 48.5 Å². The van der Waals surface area contributed by atoms with Crippen molar-refractivity contribution in [3.63, 3.8) is 0 Å². The number of carbonyl (C=O) groups excluding carboxylic acids is 1. The third kappa shape index (κ3) is 1.98. The highest BCUT2D eigenvalue weighted by Gasteiger charge is 2.53. The molecule has 1 aliphatic rings. The van der Waals surface area contributed by atoms with E-state index in [-0.39, 0.29) is 16.7 Å². The molecule has 1 fully saturated rings. The van der Waals surface area contributed by atoms with Gasteiger partial charge in [0.15, 0.2) is 0 Å². The van der Waals surface area contributed by atoms with E-state index in [1.54, 1.807) is 0 Å². The first kappa shape index (κ1) is 12.7. The Labute approximate surface area is 94.6 Å². The van der Waals surface area contributed by atoms with E-state index in [0.717, 1.165) is 6.42 Å². The minimum atomic E-state index is 0.108. The molecule has 15 heavy (non-hydrogen) atoms. The van der Waals surface area contributed by atoms with E-state index in [4.69, 9.17) is 0 Å². The summed E-state index contributed by atoms with van der Waals surface area (Å²) in [7, 11) is 0. The predicted molar refractivity (Wildman–Crippen MR) is 64.7 cm³/mol. The Kier molecular flexibility index (Phi) is 3.06. The smallest absolute Gasteiger partial charge is 0.137 e. The Bertz CT molecular complexity index is 255. The van der Waals surface area contributed by atoms with Gasteiger partial charge in [-0.15, -0.1) is 0 Å². The molecule has 1 unspecified atom stereocenters. The predicted octanol–water partition coefficient (Wildman–Crippen LogP) is 3.92. The average Bonchev–Trinajstić information content (AvgIpc) is 1.95. The van der Waals surface area contributed by atoms with Crippen LogP contribution in [0.1, 0.15) is 54.9 Å². The van der Waals surface area contributed by atoms with Gasteiger partial charge >= 0.3 is 0 Å². The van der Waals surface area contributed by atoms with Crippen molar-refractivity contribution in [3.05, 3.63) is 0 Å². The Morgan fingerprint density at radius 1 is 1.13 bits per heavy atom. The molecule has 1 saturated carbocycles. The molecule has 0 aliphatic heterocycles. The number of Topliss-reactive ketones (excluding diaryl/α,β-unsaturated/α-hetero) is 1. The molecule has 1 rings (SSSR count). The maximum atomic E-state index is 11.8. The van der Waals surface area contributed by atoms with Crippen molar-refractivity contribution in [1.29, 1.82) is 0 Å². The van der Waals surface area contributed by atoms with E-state index in [9.17, 15) is 4.79 Å². The maximum Gasteiger partial charge on any atom is 0.137 e. The van der Waals surface area contributed by atoms with Crippen LogP contribution < -0.4 is 0 Å². The van der Waals surface area contributed by atoms with Crippen LogP contribution in [-0.2, 0) is 4.79 Å². The second kappa shape index (κ2) is 3.61. The first-order valence-corrected chi connectivity index (χ1v) is 6.11. The molecule has 88 valence electrons. The van der Waals surface area contributed by atoms with Crippen LogP contribution in [0.15, 0.2) is 0 Å². The zero-order valence-corrected chi connectivity index (χ0v) is 11.3. The molecule has 1 heteroatoms. The normalized spacial score (nSPS) is 28.1. The van der Waals surface area contributed by atoms with Crippen LogP contribution in [0, 0.1) is 28.6 Å². The minimum Gasteiger partial charge on any atom is -0.299 e. The minimum absolute atomic E-state index is 0.108. The highest BCUT2D eigenvalue weighted by molar-refractivity contribution is 5.88. The summed E-state index contributed by atoms with van der Waals surface area (Å²) < 4.78 is 0. The Morgan fingerprint density at radius 3 is 1.87 bits per heavy atom. The molecule has 0 radical (unpaired) electrons. The summed E-state index contributed by atoms with van der Waals surface area (Å²) in [5.74, 6) is 1.99. The maximum absolute atomic E-state index is 11.8. The van der Waals surface area contributed by atoms with Gasteiger partial charge in [0, 0.05) is 12.3 Å². The van der Waals surface area contributed by atoms with Crippen LogP contribution in [0.5, 0.6) is 0 Å². The van der Waals surface area contributed by atoms with Crippen LogP contribution in [0.25, 0.3) is 0 Å². The second-order valence-corrected chi connectivity index (χ2v) is 7.03. The zero-order chi connectivity index (χ0) is 12.0. The molecule has 2 atom stereocenters. The van der Waals surface area contributed by atoms with Gasteiger partial charge < -0.3 is 0 Å². The molecule has 0 saturated heterocycles. The van der Waals surface area contributed by atoms with Crippen LogP contribution in [0.2, 0.25) is 0 Å². The van der Waals surface area contributed by atoms with E-state index in [1.807, 2.05) is 0 Å². The average molecular weight is 210 g/mol. The SMILES string of the molecule is CC(C)[C@H]1CC(=O)C1C(C)(C)C(C)(C)C. The van der Waals surface area contributed by atoms with Gasteiger partial charge in [-0.2, -0.15) is 0 Å². The molecule has 0 N–H and O–H groups in total. The topological polar surface area (TPSA) is 17.1 Å². The summed E-state index contributed by atoms with van der Waals surface area (Å²) in [6.07, 6.45) is 0.807. The van der Waals surface area contributed by atoms with Crippen molar-refractivity contribution in [3.8, 4) is 0 Å². The molecule has 0 aromatic rings. The summed E-state index contributed by atoms with van der Waals surface area (Å²) in [6.45, 7) is 15.7. The van der Waals surface area contributed by atoms with Gasteiger partial charge in [0.25, 0.3) is 0 Å². The van der Waals surface area contributed by atoms with Crippen molar-refractivity contribution in [1.82, 2.24) is 0 Å². The highest BCUT2D eigenvalue weighted by atomic mass is 16.1. The molecule has 0 bridgehead atoms. The number of rotatable bonds is 2. The van der Waals surface area contributed by atoms with Gasteiger partial charge in [-0.3, -0.25) is 4.79 Å². The molecule has 0 heterocycles. The summed E-state index contributed by atoms with van der Waals surface area (Å²) >= 11 is 0. The molecule has 0 aromatic carbocycles. The molecule has 0 amide bonds. The van der Waals surface area contributed by atoms with Crippen molar-refractivity contribution < 1.29 is 4.79 Å².